The fourth-order valence-corrected chi connectivity index (χ4v) is 1.83. The molecule has 0 N–H and O–H groups in total. The van der Waals surface area contributed by atoms with Gasteiger partial charge in [-0.2, -0.15) is 0 Å². The van der Waals surface area contributed by atoms with Crippen molar-refractivity contribution in [2.75, 3.05) is 6.54 Å². The van der Waals surface area contributed by atoms with Crippen LogP contribution in [0.5, 0.6) is 0 Å². The van der Waals surface area contributed by atoms with Gasteiger partial charge in [-0.3, -0.25) is 4.79 Å². The molecule has 2 nitrogen and oxygen atoms in total. The van der Waals surface area contributed by atoms with Gasteiger partial charge < -0.3 is 4.90 Å². The second-order valence-electron chi connectivity index (χ2n) is 6.18. The van der Waals surface area contributed by atoms with E-state index in [9.17, 15) is 4.79 Å². The van der Waals surface area contributed by atoms with E-state index in [1.54, 1.807) is 6.08 Å². The van der Waals surface area contributed by atoms with Crippen molar-refractivity contribution in [3.63, 3.8) is 0 Å². The molecule has 1 amide bonds. The van der Waals surface area contributed by atoms with Crippen LogP contribution in [0.15, 0.2) is 34.9 Å². The second-order valence-corrected chi connectivity index (χ2v) is 6.18. The Hall–Kier alpha value is -1.31. The predicted molar refractivity (Wildman–Crippen MR) is 88.7 cm³/mol. The third-order valence-corrected chi connectivity index (χ3v) is 3.05. The molecule has 0 aliphatic rings. The van der Waals surface area contributed by atoms with Crippen molar-refractivity contribution in [1.29, 1.82) is 0 Å². The summed E-state index contributed by atoms with van der Waals surface area (Å²) < 4.78 is 0. The summed E-state index contributed by atoms with van der Waals surface area (Å²) in [5.41, 5.74) is 3.75. The Labute approximate surface area is 125 Å². The van der Waals surface area contributed by atoms with Gasteiger partial charge >= 0.3 is 0 Å². The van der Waals surface area contributed by atoms with Gasteiger partial charge in [-0.15, -0.1) is 0 Å². The highest BCUT2D eigenvalue weighted by atomic mass is 16.2. The van der Waals surface area contributed by atoms with Crippen LogP contribution in [0.4, 0.5) is 0 Å². The van der Waals surface area contributed by atoms with Crippen LogP contribution in [0, 0.1) is 0 Å². The van der Waals surface area contributed by atoms with Crippen LogP contribution in [0.3, 0.4) is 0 Å². The number of nitrogens with zero attached hydrogens (tertiary/aromatic N) is 1. The predicted octanol–water partition coefficient (Wildman–Crippen LogP) is 4.88. The lowest BCUT2D eigenvalue weighted by Gasteiger charge is -2.24. The van der Waals surface area contributed by atoms with Crippen molar-refractivity contribution < 1.29 is 4.79 Å². The first-order valence-electron chi connectivity index (χ1n) is 7.48. The quantitative estimate of drug-likeness (QED) is 0.479. The molecule has 0 aromatic heterocycles. The van der Waals surface area contributed by atoms with Gasteiger partial charge in [0, 0.05) is 18.7 Å². The SMILES string of the molecule is CC(C)=CCC/C(C)=C\CN(C(=O)C=C(C)C)C(C)C. The summed E-state index contributed by atoms with van der Waals surface area (Å²) in [6.07, 6.45) is 8.29. The first-order valence-corrected chi connectivity index (χ1v) is 7.48. The molecule has 0 radical (unpaired) electrons. The number of rotatable bonds is 7. The Balaban J connectivity index is 4.57. The van der Waals surface area contributed by atoms with Crippen LogP contribution in [-0.2, 0) is 4.79 Å². The minimum absolute atomic E-state index is 0.105. The number of carbonyl (C=O) groups is 1. The lowest BCUT2D eigenvalue weighted by atomic mass is 10.1. The Morgan fingerprint density at radius 2 is 1.60 bits per heavy atom. The topological polar surface area (TPSA) is 20.3 Å². The van der Waals surface area contributed by atoms with Crippen molar-refractivity contribution in [3.8, 4) is 0 Å². The maximum atomic E-state index is 12.1. The molecule has 0 heterocycles. The van der Waals surface area contributed by atoms with Gasteiger partial charge in [0.15, 0.2) is 0 Å². The molecule has 0 atom stereocenters. The molecule has 0 unspecified atom stereocenters. The lowest BCUT2D eigenvalue weighted by Crippen LogP contribution is -2.36. The van der Waals surface area contributed by atoms with E-state index in [2.05, 4.69) is 46.8 Å². The van der Waals surface area contributed by atoms with E-state index in [4.69, 9.17) is 0 Å². The molecule has 0 aliphatic heterocycles. The highest BCUT2D eigenvalue weighted by Gasteiger charge is 2.13. The number of amides is 1. The van der Waals surface area contributed by atoms with Gasteiger partial charge in [0.2, 0.25) is 5.91 Å². The standard InChI is InChI=1S/C18H31NO/c1-14(2)9-8-10-17(7)11-12-19(16(5)6)18(20)13-15(3)4/h9,11,13,16H,8,10,12H2,1-7H3/b17-11-. The van der Waals surface area contributed by atoms with Crippen LogP contribution in [0.2, 0.25) is 0 Å². The number of allylic oxidation sites excluding steroid dienone is 4. The monoisotopic (exact) mass is 277 g/mol. The largest absolute Gasteiger partial charge is 0.333 e. The maximum absolute atomic E-state index is 12.1. The zero-order valence-corrected chi connectivity index (χ0v) is 14.3. The Kier molecular flexibility index (Phi) is 8.94. The van der Waals surface area contributed by atoms with Crippen molar-refractivity contribution in [1.82, 2.24) is 4.90 Å². The van der Waals surface area contributed by atoms with Crippen LogP contribution in [0.25, 0.3) is 0 Å². The molecule has 0 saturated heterocycles. The highest BCUT2D eigenvalue weighted by Crippen LogP contribution is 2.09. The summed E-state index contributed by atoms with van der Waals surface area (Å²) in [6, 6.07) is 0.222. The molecule has 0 saturated carbocycles. The smallest absolute Gasteiger partial charge is 0.246 e. The molecule has 0 aromatic rings. The van der Waals surface area contributed by atoms with Crippen molar-refractivity contribution in [2.45, 2.75) is 67.3 Å². The van der Waals surface area contributed by atoms with E-state index in [0.29, 0.717) is 6.54 Å². The normalized spacial score (nSPS) is 11.3. The zero-order valence-electron chi connectivity index (χ0n) is 14.3. The van der Waals surface area contributed by atoms with Gasteiger partial charge in [0.1, 0.15) is 0 Å². The molecule has 114 valence electrons. The van der Waals surface area contributed by atoms with Gasteiger partial charge in [-0.25, -0.2) is 0 Å². The van der Waals surface area contributed by atoms with E-state index >= 15 is 0 Å². The lowest BCUT2D eigenvalue weighted by molar-refractivity contribution is -0.127. The van der Waals surface area contributed by atoms with Crippen LogP contribution < -0.4 is 0 Å². The Morgan fingerprint density at radius 1 is 1.00 bits per heavy atom. The van der Waals surface area contributed by atoms with Crippen molar-refractivity contribution in [2.24, 2.45) is 0 Å². The first kappa shape index (κ1) is 18.7. The number of hydrogen-bond acceptors (Lipinski definition) is 1. The van der Waals surface area contributed by atoms with Gasteiger partial charge in [0.25, 0.3) is 0 Å². The molecule has 0 aromatic carbocycles. The molecule has 0 aliphatic carbocycles. The Morgan fingerprint density at radius 3 is 2.05 bits per heavy atom. The molecule has 2 heteroatoms. The summed E-state index contributed by atoms with van der Waals surface area (Å²) in [5, 5.41) is 0. The zero-order chi connectivity index (χ0) is 15.7. The first-order chi connectivity index (χ1) is 9.23. The molecular weight excluding hydrogens is 246 g/mol. The Bertz CT molecular complexity index is 392. The fraction of sp³-hybridized carbons (Fsp3) is 0.611. The van der Waals surface area contributed by atoms with Gasteiger partial charge in [0.05, 0.1) is 0 Å². The summed E-state index contributed by atoms with van der Waals surface area (Å²) in [6.45, 7) is 15.1. The second kappa shape index (κ2) is 9.57. The highest BCUT2D eigenvalue weighted by molar-refractivity contribution is 5.88. The average molecular weight is 277 g/mol. The van der Waals surface area contributed by atoms with Crippen LogP contribution in [0.1, 0.15) is 61.3 Å². The summed E-state index contributed by atoms with van der Waals surface area (Å²) in [5.74, 6) is 0.105. The van der Waals surface area contributed by atoms with Crippen molar-refractivity contribution in [3.05, 3.63) is 34.9 Å². The number of carbonyl (C=O) groups excluding carboxylic acids is 1. The summed E-state index contributed by atoms with van der Waals surface area (Å²) >= 11 is 0. The van der Waals surface area contributed by atoms with E-state index < -0.39 is 0 Å². The van der Waals surface area contributed by atoms with E-state index in [0.717, 1.165) is 18.4 Å². The summed E-state index contributed by atoms with van der Waals surface area (Å²) in [4.78, 5) is 14.0. The van der Waals surface area contributed by atoms with Crippen molar-refractivity contribution >= 4 is 5.91 Å². The molecule has 0 bridgehead atoms. The minimum Gasteiger partial charge on any atom is -0.333 e. The third kappa shape index (κ3) is 8.73. The van der Waals surface area contributed by atoms with Crippen LogP contribution in [-0.4, -0.2) is 23.4 Å². The van der Waals surface area contributed by atoms with Gasteiger partial charge in [-0.05, 0) is 61.3 Å². The van der Waals surface area contributed by atoms with Crippen LogP contribution >= 0.6 is 0 Å². The van der Waals surface area contributed by atoms with E-state index in [1.807, 2.05) is 18.7 Å². The third-order valence-electron chi connectivity index (χ3n) is 3.05. The summed E-state index contributed by atoms with van der Waals surface area (Å²) in [7, 11) is 0. The molecule has 0 fully saturated rings. The average Bonchev–Trinajstić information content (AvgIpc) is 2.26. The molecular formula is C18H31NO. The van der Waals surface area contributed by atoms with E-state index in [1.165, 1.54) is 11.1 Å². The van der Waals surface area contributed by atoms with E-state index in [-0.39, 0.29) is 11.9 Å². The molecule has 20 heavy (non-hydrogen) atoms. The minimum atomic E-state index is 0.105. The molecule has 0 spiro atoms. The maximum Gasteiger partial charge on any atom is 0.246 e. The number of hydrogen-bond donors (Lipinski definition) is 0. The fourth-order valence-electron chi connectivity index (χ4n) is 1.83. The van der Waals surface area contributed by atoms with Gasteiger partial charge in [-0.1, -0.05) is 28.9 Å². The molecule has 0 rings (SSSR count).